The van der Waals surface area contributed by atoms with Gasteiger partial charge in [0.2, 0.25) is 0 Å². The maximum absolute atomic E-state index is 4.98. The van der Waals surface area contributed by atoms with Gasteiger partial charge in [0.15, 0.2) is 0 Å². The molecule has 0 saturated carbocycles. The molecule has 0 fully saturated rings. The Morgan fingerprint density at radius 2 is 1.00 bits per heavy atom. The van der Waals surface area contributed by atoms with Gasteiger partial charge >= 0.3 is 0 Å². The fourth-order valence-corrected chi connectivity index (χ4v) is 3.86. The van der Waals surface area contributed by atoms with Crippen molar-refractivity contribution in [1.29, 1.82) is 0 Å². The summed E-state index contributed by atoms with van der Waals surface area (Å²) in [4.78, 5) is 8.55. The van der Waals surface area contributed by atoms with Crippen LogP contribution in [-0.4, -0.2) is 9.97 Å². The zero-order valence-corrected chi connectivity index (χ0v) is 17.8. The predicted molar refractivity (Wildman–Crippen MR) is 128 cm³/mol. The highest BCUT2D eigenvalue weighted by atomic mass is 79.9. The zero-order chi connectivity index (χ0) is 20.3. The van der Waals surface area contributed by atoms with E-state index in [0.717, 1.165) is 38.4 Å². The van der Waals surface area contributed by atoms with Gasteiger partial charge in [0, 0.05) is 21.2 Å². The number of nitrogens with zero attached hydrogens (tertiary/aromatic N) is 1. The number of imidazole rings is 1. The third-order valence-corrected chi connectivity index (χ3v) is 5.68. The van der Waals surface area contributed by atoms with E-state index in [4.69, 9.17) is 4.98 Å². The topological polar surface area (TPSA) is 28.7 Å². The number of aromatic amines is 1. The number of hydrogen-bond donors (Lipinski definition) is 1. The first-order chi connectivity index (χ1) is 14.8. The van der Waals surface area contributed by atoms with E-state index in [0.29, 0.717) is 0 Å². The maximum Gasteiger partial charge on any atom is 0.138 e. The van der Waals surface area contributed by atoms with Crippen LogP contribution in [0.5, 0.6) is 0 Å². The number of aromatic nitrogens is 2. The highest BCUT2D eigenvalue weighted by Gasteiger charge is 2.15. The van der Waals surface area contributed by atoms with Crippen LogP contribution in [0.15, 0.2) is 114 Å². The van der Waals surface area contributed by atoms with Crippen molar-refractivity contribution >= 4 is 15.9 Å². The molecule has 0 bridgehead atoms. The van der Waals surface area contributed by atoms with E-state index < -0.39 is 0 Å². The lowest BCUT2D eigenvalue weighted by Crippen LogP contribution is -1.83. The summed E-state index contributed by atoms with van der Waals surface area (Å²) in [5.41, 5.74) is 7.66. The average molecular weight is 451 g/mol. The normalized spacial score (nSPS) is 10.8. The van der Waals surface area contributed by atoms with Gasteiger partial charge in [0.25, 0.3) is 0 Å². The van der Waals surface area contributed by atoms with Crippen LogP contribution >= 0.6 is 15.9 Å². The van der Waals surface area contributed by atoms with Gasteiger partial charge in [0.1, 0.15) is 5.82 Å². The van der Waals surface area contributed by atoms with E-state index in [1.807, 2.05) is 24.3 Å². The van der Waals surface area contributed by atoms with Gasteiger partial charge in [-0.1, -0.05) is 113 Å². The number of nitrogens with one attached hydrogen (secondary N) is 1. The van der Waals surface area contributed by atoms with Crippen LogP contribution in [0.2, 0.25) is 0 Å². The minimum atomic E-state index is 0.867. The van der Waals surface area contributed by atoms with Crippen molar-refractivity contribution < 1.29 is 0 Å². The SMILES string of the molecule is Brc1ccc(-c2[nH]c(-c3ccc(-c4ccccc4)cc3)nc2-c2ccccc2)cc1. The summed E-state index contributed by atoms with van der Waals surface area (Å²) >= 11 is 3.52. The van der Waals surface area contributed by atoms with Crippen LogP contribution in [0.1, 0.15) is 0 Å². The molecular formula is C27H19BrN2. The van der Waals surface area contributed by atoms with E-state index >= 15 is 0 Å². The van der Waals surface area contributed by atoms with E-state index in [9.17, 15) is 0 Å². The lowest BCUT2D eigenvalue weighted by Gasteiger charge is -2.03. The van der Waals surface area contributed by atoms with Gasteiger partial charge in [-0.3, -0.25) is 0 Å². The summed E-state index contributed by atoms with van der Waals surface area (Å²) < 4.78 is 1.06. The molecule has 0 aliphatic carbocycles. The Bertz CT molecular complexity index is 1260. The molecule has 0 atom stereocenters. The number of rotatable bonds is 4. The Kier molecular flexibility index (Phi) is 5.04. The maximum atomic E-state index is 4.98. The summed E-state index contributed by atoms with van der Waals surface area (Å²) in [5.74, 6) is 0.867. The van der Waals surface area contributed by atoms with E-state index in [1.165, 1.54) is 11.1 Å². The first kappa shape index (κ1) is 18.6. The summed E-state index contributed by atoms with van der Waals surface area (Å²) in [5, 5.41) is 0. The summed E-state index contributed by atoms with van der Waals surface area (Å²) in [7, 11) is 0. The molecule has 1 N–H and O–H groups in total. The third kappa shape index (κ3) is 3.72. The Balaban J connectivity index is 1.58. The number of hydrogen-bond acceptors (Lipinski definition) is 1. The smallest absolute Gasteiger partial charge is 0.138 e. The van der Waals surface area contributed by atoms with E-state index in [1.54, 1.807) is 0 Å². The monoisotopic (exact) mass is 450 g/mol. The minimum absolute atomic E-state index is 0.867. The molecule has 144 valence electrons. The number of halogens is 1. The van der Waals surface area contributed by atoms with Gasteiger partial charge in [-0.2, -0.15) is 0 Å². The Hall–Kier alpha value is -3.43. The fourth-order valence-electron chi connectivity index (χ4n) is 3.59. The Morgan fingerprint density at radius 3 is 1.63 bits per heavy atom. The molecule has 2 nitrogen and oxygen atoms in total. The molecule has 0 spiro atoms. The largest absolute Gasteiger partial charge is 0.337 e. The third-order valence-electron chi connectivity index (χ3n) is 5.15. The van der Waals surface area contributed by atoms with Crippen LogP contribution in [-0.2, 0) is 0 Å². The lowest BCUT2D eigenvalue weighted by molar-refractivity contribution is 1.31. The molecule has 1 aromatic heterocycles. The fraction of sp³-hybridized carbons (Fsp3) is 0. The number of benzene rings is 4. The van der Waals surface area contributed by atoms with Crippen LogP contribution in [0, 0.1) is 0 Å². The van der Waals surface area contributed by atoms with Crippen molar-refractivity contribution in [2.45, 2.75) is 0 Å². The molecule has 1 heterocycles. The molecule has 30 heavy (non-hydrogen) atoms. The highest BCUT2D eigenvalue weighted by Crippen LogP contribution is 2.34. The Morgan fingerprint density at radius 1 is 0.500 bits per heavy atom. The van der Waals surface area contributed by atoms with Crippen molar-refractivity contribution in [2.75, 3.05) is 0 Å². The van der Waals surface area contributed by atoms with Crippen molar-refractivity contribution in [1.82, 2.24) is 9.97 Å². The second-order valence-corrected chi connectivity index (χ2v) is 8.04. The summed E-state index contributed by atoms with van der Waals surface area (Å²) in [6.45, 7) is 0. The van der Waals surface area contributed by atoms with E-state index in [2.05, 4.69) is 106 Å². The molecule has 5 rings (SSSR count). The van der Waals surface area contributed by atoms with Crippen molar-refractivity contribution in [3.05, 3.63) is 114 Å². The molecule has 0 amide bonds. The minimum Gasteiger partial charge on any atom is -0.337 e. The zero-order valence-electron chi connectivity index (χ0n) is 16.2. The van der Waals surface area contributed by atoms with Crippen molar-refractivity contribution in [2.24, 2.45) is 0 Å². The molecule has 0 radical (unpaired) electrons. The van der Waals surface area contributed by atoms with Gasteiger partial charge in [0.05, 0.1) is 11.4 Å². The quantitative estimate of drug-likeness (QED) is 0.296. The average Bonchev–Trinajstić information content (AvgIpc) is 3.26. The second kappa shape index (κ2) is 8.13. The molecule has 4 aromatic carbocycles. The van der Waals surface area contributed by atoms with Crippen molar-refractivity contribution in [3.8, 4) is 45.0 Å². The molecule has 5 aromatic rings. The molecule has 0 saturated heterocycles. The van der Waals surface area contributed by atoms with Gasteiger partial charge < -0.3 is 4.98 Å². The van der Waals surface area contributed by atoms with Crippen LogP contribution < -0.4 is 0 Å². The van der Waals surface area contributed by atoms with Crippen molar-refractivity contribution in [3.63, 3.8) is 0 Å². The number of H-pyrrole nitrogens is 1. The Labute approximate surface area is 184 Å². The molecule has 3 heteroatoms. The second-order valence-electron chi connectivity index (χ2n) is 7.13. The molecule has 0 aliphatic rings. The standard InChI is InChI=1S/C27H19BrN2/c28-24-17-15-22(16-18-24)26-25(21-9-5-2-6-10-21)29-27(30-26)23-13-11-20(12-14-23)19-7-3-1-4-8-19/h1-18H,(H,29,30). The van der Waals surface area contributed by atoms with Gasteiger partial charge in [-0.15, -0.1) is 0 Å². The highest BCUT2D eigenvalue weighted by molar-refractivity contribution is 9.10. The van der Waals surface area contributed by atoms with Crippen LogP contribution in [0.3, 0.4) is 0 Å². The molecule has 0 aliphatic heterocycles. The van der Waals surface area contributed by atoms with Gasteiger partial charge in [-0.05, 0) is 23.3 Å². The summed E-state index contributed by atoms with van der Waals surface area (Å²) in [6, 6.07) is 37.6. The first-order valence-electron chi connectivity index (χ1n) is 9.85. The molecule has 0 unspecified atom stereocenters. The summed E-state index contributed by atoms with van der Waals surface area (Å²) in [6.07, 6.45) is 0. The van der Waals surface area contributed by atoms with Crippen LogP contribution in [0.4, 0.5) is 0 Å². The van der Waals surface area contributed by atoms with Crippen LogP contribution in [0.25, 0.3) is 45.0 Å². The van der Waals surface area contributed by atoms with E-state index in [-0.39, 0.29) is 0 Å². The predicted octanol–water partition coefficient (Wildman–Crippen LogP) is 7.84. The first-order valence-corrected chi connectivity index (χ1v) is 10.6. The van der Waals surface area contributed by atoms with Gasteiger partial charge in [-0.25, -0.2) is 4.98 Å². The molecular weight excluding hydrogens is 432 g/mol. The lowest BCUT2D eigenvalue weighted by atomic mass is 10.0.